The molecule has 0 bridgehead atoms. The van der Waals surface area contributed by atoms with Crippen molar-refractivity contribution in [3.05, 3.63) is 53.6 Å². The minimum absolute atomic E-state index is 0.0212. The Morgan fingerprint density at radius 3 is 2.56 bits per heavy atom. The molecule has 4 N–H and O–H groups in total. The van der Waals surface area contributed by atoms with Crippen LogP contribution in [0.25, 0.3) is 0 Å². The molecule has 5 fully saturated rings. The number of anilines is 4. The average molecular weight is 753 g/mol. The zero-order valence-corrected chi connectivity index (χ0v) is 30.1. The van der Waals surface area contributed by atoms with Crippen LogP contribution in [0.1, 0.15) is 56.9 Å². The number of hydrogen-bond donors (Lipinski definition) is 3. The van der Waals surface area contributed by atoms with Crippen LogP contribution >= 0.6 is 0 Å². The second-order valence-corrected chi connectivity index (χ2v) is 15.4. The lowest BCUT2D eigenvalue weighted by Crippen LogP contribution is -2.66. The Hall–Kier alpha value is -6.11. The summed E-state index contributed by atoms with van der Waals surface area (Å²) in [5, 5.41) is 9.46. The van der Waals surface area contributed by atoms with Crippen LogP contribution in [-0.2, 0) is 21.4 Å². The number of carbonyl (C=O) groups is 6. The fourth-order valence-corrected chi connectivity index (χ4v) is 8.75. The van der Waals surface area contributed by atoms with Crippen molar-refractivity contribution in [1.29, 1.82) is 0 Å². The molecule has 1 aromatic carbocycles. The van der Waals surface area contributed by atoms with Gasteiger partial charge in [0.1, 0.15) is 11.9 Å². The molecule has 0 aliphatic carbocycles. The van der Waals surface area contributed by atoms with Gasteiger partial charge in [-0.3, -0.25) is 48.7 Å². The van der Waals surface area contributed by atoms with Crippen LogP contribution in [0.15, 0.2) is 36.8 Å². The van der Waals surface area contributed by atoms with Gasteiger partial charge in [-0.05, 0) is 37.5 Å². The third-order valence-corrected chi connectivity index (χ3v) is 11.4. The third kappa shape index (κ3) is 6.17. The van der Waals surface area contributed by atoms with Gasteiger partial charge < -0.3 is 25.6 Å². The Morgan fingerprint density at radius 2 is 1.82 bits per heavy atom. The second-order valence-electron chi connectivity index (χ2n) is 15.4. The lowest BCUT2D eigenvalue weighted by molar-refractivity contribution is -0.136. The van der Waals surface area contributed by atoms with E-state index < -0.39 is 41.2 Å². The van der Waals surface area contributed by atoms with Gasteiger partial charge in [-0.15, -0.1) is 0 Å². The molecule has 6 amide bonds. The highest BCUT2D eigenvalue weighted by Gasteiger charge is 2.55. The number of nitrogens with zero attached hydrogens (tertiary/aromatic N) is 9. The summed E-state index contributed by atoms with van der Waals surface area (Å²) in [6, 6.07) is 4.11. The van der Waals surface area contributed by atoms with E-state index in [9.17, 15) is 28.8 Å². The van der Waals surface area contributed by atoms with Gasteiger partial charge in [0.05, 0.1) is 41.8 Å². The Bertz CT molecular complexity index is 2140. The molecular weight excluding hydrogens is 712 g/mol. The van der Waals surface area contributed by atoms with E-state index in [2.05, 4.69) is 35.4 Å². The number of rotatable bonds is 9. The van der Waals surface area contributed by atoms with Gasteiger partial charge in [-0.25, -0.2) is 14.8 Å². The van der Waals surface area contributed by atoms with Gasteiger partial charge in [0.25, 0.3) is 17.7 Å². The van der Waals surface area contributed by atoms with Crippen molar-refractivity contribution in [2.24, 2.45) is 18.7 Å². The molecule has 9 rings (SSSR count). The summed E-state index contributed by atoms with van der Waals surface area (Å²) in [5.41, 5.74) is 7.06. The molecule has 55 heavy (non-hydrogen) atoms. The number of ether oxygens (including phenoxy) is 1. The molecule has 8 heterocycles. The summed E-state index contributed by atoms with van der Waals surface area (Å²) in [6.07, 6.45) is 6.44. The molecule has 2 aromatic heterocycles. The monoisotopic (exact) mass is 752 g/mol. The number of amides is 6. The molecule has 6 aliphatic rings. The maximum Gasteiger partial charge on any atom is 0.410 e. The summed E-state index contributed by atoms with van der Waals surface area (Å²) >= 11 is 0. The topological polar surface area (TPSA) is 222 Å². The first-order chi connectivity index (χ1) is 26.4. The zero-order valence-electron chi connectivity index (χ0n) is 30.1. The van der Waals surface area contributed by atoms with Crippen molar-refractivity contribution in [3.8, 4) is 0 Å². The number of fused-ring (bicyclic) bond motifs is 1. The predicted molar refractivity (Wildman–Crippen MR) is 193 cm³/mol. The average Bonchev–Trinajstić information content (AvgIpc) is 3.78. The summed E-state index contributed by atoms with van der Waals surface area (Å²) in [7, 11) is 1.78. The summed E-state index contributed by atoms with van der Waals surface area (Å²) in [4.78, 5) is 94.1. The van der Waals surface area contributed by atoms with Crippen LogP contribution in [0.2, 0.25) is 0 Å². The van der Waals surface area contributed by atoms with E-state index in [4.69, 9.17) is 15.5 Å². The van der Waals surface area contributed by atoms with Gasteiger partial charge in [-0.2, -0.15) is 5.10 Å². The van der Waals surface area contributed by atoms with E-state index in [0.717, 1.165) is 43.1 Å². The van der Waals surface area contributed by atoms with E-state index >= 15 is 0 Å². The molecule has 0 saturated carbocycles. The quantitative estimate of drug-likeness (QED) is 0.246. The number of piperidine rings is 2. The number of aromatic nitrogens is 4. The fraction of sp³-hybridized carbons (Fsp3) is 0.472. The van der Waals surface area contributed by atoms with Crippen LogP contribution in [0.3, 0.4) is 0 Å². The number of nitrogens with two attached hydrogens (primary N) is 1. The van der Waals surface area contributed by atoms with E-state index in [1.165, 1.54) is 6.20 Å². The fourth-order valence-electron chi connectivity index (χ4n) is 8.75. The molecule has 19 nitrogen and oxygen atoms in total. The summed E-state index contributed by atoms with van der Waals surface area (Å²) in [6.45, 7) is 5.45. The maximum atomic E-state index is 13.3. The molecule has 5 saturated heterocycles. The minimum atomic E-state index is -0.996. The van der Waals surface area contributed by atoms with E-state index in [1.54, 1.807) is 36.3 Å². The first-order valence-corrected chi connectivity index (χ1v) is 18.4. The predicted octanol–water partition coefficient (Wildman–Crippen LogP) is 0.0656. The number of carbonyl (C=O) groups excluding carboxylic acids is 6. The highest BCUT2D eigenvalue weighted by atomic mass is 16.6. The highest BCUT2D eigenvalue weighted by Crippen LogP contribution is 2.38. The Labute approximate surface area is 314 Å². The highest BCUT2D eigenvalue weighted by molar-refractivity contribution is 6.23. The second kappa shape index (κ2) is 13.0. The minimum Gasteiger partial charge on any atom is -0.438 e. The van der Waals surface area contributed by atoms with E-state index in [1.807, 2.05) is 11.0 Å². The number of likely N-dealkylation sites (tertiary alicyclic amines) is 1. The van der Waals surface area contributed by atoms with E-state index in [-0.39, 0.29) is 47.6 Å². The molecule has 1 spiro atoms. The number of benzene rings is 1. The van der Waals surface area contributed by atoms with Gasteiger partial charge in [0.15, 0.2) is 17.1 Å². The van der Waals surface area contributed by atoms with Gasteiger partial charge in [0, 0.05) is 77.1 Å². The van der Waals surface area contributed by atoms with Crippen molar-refractivity contribution in [2.45, 2.75) is 43.4 Å². The van der Waals surface area contributed by atoms with Gasteiger partial charge in [-0.1, -0.05) is 0 Å². The molecular formula is C36H40N12O7. The first kappa shape index (κ1) is 34.6. The van der Waals surface area contributed by atoms with Crippen molar-refractivity contribution in [1.82, 2.24) is 39.8 Å². The number of aryl methyl sites for hydroxylation is 1. The molecule has 2 atom stereocenters. The number of imide groups is 2. The molecule has 0 radical (unpaired) electrons. The van der Waals surface area contributed by atoms with Crippen LogP contribution in [0.4, 0.5) is 27.8 Å². The molecule has 286 valence electrons. The van der Waals surface area contributed by atoms with Crippen LogP contribution in [-0.4, -0.2) is 140 Å². The zero-order chi connectivity index (χ0) is 38.2. The number of nitrogens with one attached hydrogen (secondary N) is 2. The first-order valence-electron chi connectivity index (χ1n) is 18.4. The summed E-state index contributed by atoms with van der Waals surface area (Å²) < 4.78 is 7.64. The van der Waals surface area contributed by atoms with Crippen molar-refractivity contribution in [2.75, 3.05) is 67.5 Å². The molecule has 3 aromatic rings. The molecule has 6 aliphatic heterocycles. The lowest BCUT2D eigenvalue weighted by atomic mass is 9.89. The Kier molecular flexibility index (Phi) is 8.21. The van der Waals surface area contributed by atoms with Crippen molar-refractivity contribution >= 4 is 58.6 Å². The standard InChI is InChI=1S/C36H40N12O7/c1-43-15-21(10-39-43)40-31-29(30(37)50)38-11-27(41-31)45-8-2-3-23(16-45)47-19-36(55-35(47)54)17-44(18-36)12-20-13-46(14-20)22-4-5-24-25(9-22)34(53)48(33(24)52)26-6-7-28(49)42-32(26)51/h4-5,9-11,15,20,23,26H,2-3,6-8,12-14,16-19H2,1H3,(H2,37,50)(H,40,41)(H,42,49,51)/t23-,26+/m1/s1. The number of hydrogen-bond acceptors (Lipinski definition) is 14. The summed E-state index contributed by atoms with van der Waals surface area (Å²) in [5.74, 6) is -1.59. The lowest BCUT2D eigenvalue weighted by Gasteiger charge is -2.50. The van der Waals surface area contributed by atoms with Crippen LogP contribution in [0.5, 0.6) is 0 Å². The van der Waals surface area contributed by atoms with Crippen molar-refractivity contribution < 1.29 is 33.5 Å². The van der Waals surface area contributed by atoms with Gasteiger partial charge >= 0.3 is 6.09 Å². The van der Waals surface area contributed by atoms with Crippen LogP contribution < -0.4 is 26.2 Å². The smallest absolute Gasteiger partial charge is 0.410 e. The molecule has 19 heteroatoms. The van der Waals surface area contributed by atoms with Gasteiger partial charge in [0.2, 0.25) is 11.8 Å². The number of primary amides is 1. The largest absolute Gasteiger partial charge is 0.438 e. The maximum absolute atomic E-state index is 13.3. The van der Waals surface area contributed by atoms with Crippen LogP contribution in [0, 0.1) is 5.92 Å². The normalized spacial score (nSPS) is 23.8. The molecule has 0 unspecified atom stereocenters. The SMILES string of the molecule is Cn1cc(Nc2nc(N3CCC[C@@H](N4CC5(CN(CC6CN(c7ccc8c(c7)C(=O)N([C@H]7CCC(=O)NC7=O)C8=O)C6)C5)OC4=O)C3)cnc2C(N)=O)cn1. The Balaban J connectivity index is 0.776. The Morgan fingerprint density at radius 1 is 1.02 bits per heavy atom. The third-order valence-electron chi connectivity index (χ3n) is 11.4. The van der Waals surface area contributed by atoms with Crippen molar-refractivity contribution in [3.63, 3.8) is 0 Å². The van der Waals surface area contributed by atoms with E-state index in [0.29, 0.717) is 50.1 Å².